The van der Waals surface area contributed by atoms with Gasteiger partial charge < -0.3 is 0 Å². The minimum absolute atomic E-state index is 0.763. The molecule has 0 spiro atoms. The lowest BCUT2D eigenvalue weighted by atomic mass is 10.2. The maximum Gasteiger partial charge on any atom is 0.00976 e. The zero-order chi connectivity index (χ0) is 9.94. The molecule has 0 heterocycles. The largest absolute Gasteiger partial charge is 0.0913 e. The summed E-state index contributed by atoms with van der Waals surface area (Å²) in [4.78, 5) is 0. The lowest BCUT2D eigenvalue weighted by Crippen LogP contribution is -1.87. The Morgan fingerprint density at radius 3 is 2.54 bits per heavy atom. The van der Waals surface area contributed by atoms with Crippen LogP contribution in [0.5, 0.6) is 0 Å². The Morgan fingerprint density at radius 1 is 1.15 bits per heavy atom. The van der Waals surface area contributed by atoms with Crippen molar-refractivity contribution in [1.82, 2.24) is 0 Å². The molecule has 0 aromatic carbocycles. The molecule has 0 unspecified atom stereocenters. The molecule has 1 heteroatoms. The molecule has 0 bridgehead atoms. The average molecular weight is 198 g/mol. The highest BCUT2D eigenvalue weighted by molar-refractivity contribution is 8.03. The molecule has 0 aliphatic heterocycles. The third kappa shape index (κ3) is 11.9. The van der Waals surface area contributed by atoms with E-state index in [1.54, 1.807) is 11.8 Å². The Morgan fingerprint density at radius 2 is 1.92 bits per heavy atom. The fraction of sp³-hybridized carbons (Fsp3) is 0.833. The van der Waals surface area contributed by atoms with E-state index in [1.807, 2.05) is 0 Å². The van der Waals surface area contributed by atoms with Crippen LogP contribution < -0.4 is 0 Å². The summed E-state index contributed by atoms with van der Waals surface area (Å²) in [6.45, 7) is 6.70. The van der Waals surface area contributed by atoms with Gasteiger partial charge in [-0.1, -0.05) is 57.7 Å². The number of hydrogen-bond acceptors (Lipinski definition) is 1. The molecule has 0 N–H and O–H groups in total. The van der Waals surface area contributed by atoms with Gasteiger partial charge in [-0.05, 0) is 17.6 Å². The predicted molar refractivity (Wildman–Crippen MR) is 63.8 cm³/mol. The van der Waals surface area contributed by atoms with Gasteiger partial charge in [-0.15, -0.1) is 0 Å². The lowest BCUT2D eigenvalue weighted by molar-refractivity contribution is 0.680. The quantitative estimate of drug-likeness (QED) is 0.453. The van der Waals surface area contributed by atoms with E-state index in [2.05, 4.69) is 31.9 Å². The van der Waals surface area contributed by atoms with Crippen molar-refractivity contribution in [3.05, 3.63) is 0 Å². The fourth-order valence-electron chi connectivity index (χ4n) is 0.951. The predicted octanol–water partition coefficient (Wildman–Crippen LogP) is 4.31. The number of rotatable bonds is 6. The summed E-state index contributed by atoms with van der Waals surface area (Å²) in [7, 11) is 0. The first-order valence-electron chi connectivity index (χ1n) is 5.37. The SMILES string of the molecule is CCCCCCC#CSCC(C)C. The van der Waals surface area contributed by atoms with Gasteiger partial charge in [0.1, 0.15) is 0 Å². The third-order valence-corrected chi connectivity index (χ3v) is 2.84. The molecule has 0 rings (SSSR count). The van der Waals surface area contributed by atoms with Crippen LogP contribution in [-0.4, -0.2) is 5.75 Å². The van der Waals surface area contributed by atoms with E-state index in [9.17, 15) is 0 Å². The normalized spacial score (nSPS) is 9.85. The van der Waals surface area contributed by atoms with E-state index < -0.39 is 0 Å². The number of thioether (sulfide) groups is 1. The molecule has 0 nitrogen and oxygen atoms in total. The number of unbranched alkanes of at least 4 members (excludes halogenated alkanes) is 4. The van der Waals surface area contributed by atoms with Gasteiger partial charge in [0.15, 0.2) is 0 Å². The van der Waals surface area contributed by atoms with Gasteiger partial charge >= 0.3 is 0 Å². The molecule has 0 aromatic rings. The van der Waals surface area contributed by atoms with Gasteiger partial charge in [-0.3, -0.25) is 0 Å². The zero-order valence-corrected chi connectivity index (χ0v) is 10.0. The summed E-state index contributed by atoms with van der Waals surface area (Å²) < 4.78 is 0. The van der Waals surface area contributed by atoms with E-state index >= 15 is 0 Å². The minimum Gasteiger partial charge on any atom is -0.0913 e. The molecular formula is C12H22S. The van der Waals surface area contributed by atoms with Crippen LogP contribution in [0.3, 0.4) is 0 Å². The van der Waals surface area contributed by atoms with Crippen LogP contribution in [0.1, 0.15) is 52.9 Å². The number of hydrogen-bond donors (Lipinski definition) is 0. The summed E-state index contributed by atoms with van der Waals surface area (Å²) in [5.74, 6) is 5.14. The Bertz CT molecular complexity index is 150. The van der Waals surface area contributed by atoms with E-state index in [4.69, 9.17) is 0 Å². The van der Waals surface area contributed by atoms with Gasteiger partial charge in [0.2, 0.25) is 0 Å². The molecule has 0 saturated heterocycles. The van der Waals surface area contributed by atoms with Crippen molar-refractivity contribution < 1.29 is 0 Å². The molecule has 0 aromatic heterocycles. The van der Waals surface area contributed by atoms with Crippen LogP contribution in [-0.2, 0) is 0 Å². The van der Waals surface area contributed by atoms with E-state index in [0.717, 1.165) is 12.3 Å². The first kappa shape index (κ1) is 12.9. The highest BCUT2D eigenvalue weighted by atomic mass is 32.2. The molecule has 0 fully saturated rings. The average Bonchev–Trinajstić information content (AvgIpc) is 2.09. The summed E-state index contributed by atoms with van der Waals surface area (Å²) in [5.41, 5.74) is 0. The Labute approximate surface area is 87.9 Å². The van der Waals surface area contributed by atoms with Crippen molar-refractivity contribution in [3.63, 3.8) is 0 Å². The summed E-state index contributed by atoms with van der Waals surface area (Å²) >= 11 is 1.76. The molecule has 0 aliphatic rings. The van der Waals surface area contributed by atoms with Crippen molar-refractivity contribution in [3.8, 4) is 11.2 Å². The van der Waals surface area contributed by atoms with Crippen molar-refractivity contribution in [2.75, 3.05) is 5.75 Å². The second kappa shape index (κ2) is 9.99. The Balaban J connectivity index is 3.11. The highest BCUT2D eigenvalue weighted by Gasteiger charge is 1.89. The van der Waals surface area contributed by atoms with E-state index in [-0.39, 0.29) is 0 Å². The first-order valence-corrected chi connectivity index (χ1v) is 6.35. The maximum atomic E-state index is 3.21. The smallest absolute Gasteiger partial charge is 0.00976 e. The topological polar surface area (TPSA) is 0 Å². The second-order valence-corrected chi connectivity index (χ2v) is 4.62. The van der Waals surface area contributed by atoms with Crippen LogP contribution in [0.15, 0.2) is 0 Å². The second-order valence-electron chi connectivity index (χ2n) is 3.79. The van der Waals surface area contributed by atoms with Crippen molar-refractivity contribution in [1.29, 1.82) is 0 Å². The lowest BCUT2D eigenvalue weighted by Gasteiger charge is -1.96. The molecule has 13 heavy (non-hydrogen) atoms. The minimum atomic E-state index is 0.763. The summed E-state index contributed by atoms with van der Waals surface area (Å²) in [6.07, 6.45) is 6.39. The molecule has 0 atom stereocenters. The molecular weight excluding hydrogens is 176 g/mol. The fourth-order valence-corrected chi connectivity index (χ4v) is 1.57. The third-order valence-electron chi connectivity index (χ3n) is 1.72. The van der Waals surface area contributed by atoms with Gasteiger partial charge in [-0.25, -0.2) is 0 Å². The van der Waals surface area contributed by atoms with Gasteiger partial charge in [0.05, 0.1) is 0 Å². The standard InChI is InChI=1S/C12H22S/c1-4-5-6-7-8-9-10-13-11-12(2)3/h12H,4-8,11H2,1-3H3. The molecule has 0 aliphatic carbocycles. The van der Waals surface area contributed by atoms with Crippen LogP contribution in [0.2, 0.25) is 0 Å². The van der Waals surface area contributed by atoms with Crippen LogP contribution in [0.25, 0.3) is 0 Å². The van der Waals surface area contributed by atoms with Crippen molar-refractivity contribution >= 4 is 11.8 Å². The van der Waals surface area contributed by atoms with Crippen LogP contribution in [0, 0.1) is 17.1 Å². The Hall–Kier alpha value is -0.0900. The van der Waals surface area contributed by atoms with Crippen molar-refractivity contribution in [2.24, 2.45) is 5.92 Å². The van der Waals surface area contributed by atoms with Crippen LogP contribution in [0.4, 0.5) is 0 Å². The monoisotopic (exact) mass is 198 g/mol. The molecule has 0 saturated carbocycles. The summed E-state index contributed by atoms with van der Waals surface area (Å²) in [5, 5.41) is 3.16. The van der Waals surface area contributed by atoms with Gasteiger partial charge in [-0.2, -0.15) is 0 Å². The summed E-state index contributed by atoms with van der Waals surface area (Å²) in [6, 6.07) is 0. The maximum absolute atomic E-state index is 3.21. The highest BCUT2D eigenvalue weighted by Crippen LogP contribution is 2.06. The van der Waals surface area contributed by atoms with E-state index in [0.29, 0.717) is 0 Å². The zero-order valence-electron chi connectivity index (χ0n) is 9.23. The molecule has 0 amide bonds. The first-order chi connectivity index (χ1) is 6.27. The van der Waals surface area contributed by atoms with Crippen LogP contribution >= 0.6 is 11.8 Å². The molecule has 76 valence electrons. The Kier molecular flexibility index (Phi) is 9.92. The van der Waals surface area contributed by atoms with Gasteiger partial charge in [0.25, 0.3) is 0 Å². The van der Waals surface area contributed by atoms with E-state index in [1.165, 1.54) is 31.4 Å². The van der Waals surface area contributed by atoms with Gasteiger partial charge in [0, 0.05) is 12.2 Å². The molecule has 0 radical (unpaired) electrons. The van der Waals surface area contributed by atoms with Crippen molar-refractivity contribution in [2.45, 2.75) is 52.9 Å².